The Balaban J connectivity index is 3.39. The molecule has 0 aromatic heterocycles. The summed E-state index contributed by atoms with van der Waals surface area (Å²) in [5.74, 6) is -0.384. The summed E-state index contributed by atoms with van der Waals surface area (Å²) in [5, 5.41) is 9.20. The Kier molecular flexibility index (Phi) is 4.35. The molecule has 0 amide bonds. The molecule has 0 radical (unpaired) electrons. The summed E-state index contributed by atoms with van der Waals surface area (Å²) >= 11 is 3.47. The first-order valence-electron chi connectivity index (χ1n) is 6.18. The van der Waals surface area contributed by atoms with E-state index in [-0.39, 0.29) is 5.41 Å². The number of hydrogen-bond donors (Lipinski definition) is 1. The Morgan fingerprint density at radius 1 is 1.21 bits per heavy atom. The van der Waals surface area contributed by atoms with Gasteiger partial charge in [0.15, 0.2) is 5.60 Å². The molecule has 0 aliphatic carbocycles. The Bertz CT molecular complexity index is 499. The monoisotopic (exact) mass is 328 g/mol. The van der Waals surface area contributed by atoms with Gasteiger partial charge in [-0.05, 0) is 53.7 Å². The normalized spacial score (nSPS) is 12.4. The van der Waals surface area contributed by atoms with Crippen LogP contribution >= 0.6 is 15.9 Å². The van der Waals surface area contributed by atoms with Crippen molar-refractivity contribution < 1.29 is 14.6 Å². The maximum Gasteiger partial charge on any atom is 0.347 e. The van der Waals surface area contributed by atoms with Crippen molar-refractivity contribution in [3.05, 3.63) is 27.7 Å². The van der Waals surface area contributed by atoms with Crippen LogP contribution in [0.4, 0.5) is 0 Å². The molecule has 0 bridgehead atoms. The van der Waals surface area contributed by atoms with E-state index in [4.69, 9.17) is 4.74 Å². The van der Waals surface area contributed by atoms with Gasteiger partial charge in [-0.2, -0.15) is 0 Å². The van der Waals surface area contributed by atoms with Crippen LogP contribution < -0.4 is 4.74 Å². The van der Waals surface area contributed by atoms with Gasteiger partial charge in [0, 0.05) is 5.56 Å². The van der Waals surface area contributed by atoms with Crippen LogP contribution in [0.5, 0.6) is 5.75 Å². The van der Waals surface area contributed by atoms with Crippen LogP contribution in [-0.4, -0.2) is 16.7 Å². The molecule has 0 aliphatic heterocycles. The van der Waals surface area contributed by atoms with Gasteiger partial charge >= 0.3 is 5.97 Å². The molecule has 4 heteroatoms. The van der Waals surface area contributed by atoms with Crippen molar-refractivity contribution in [2.75, 3.05) is 0 Å². The third kappa shape index (κ3) is 3.72. The van der Waals surface area contributed by atoms with Gasteiger partial charge < -0.3 is 9.84 Å². The zero-order valence-electron chi connectivity index (χ0n) is 12.3. The standard InChI is InChI=1S/C15H21BrO3/c1-9-7-10(14(2,3)4)12(11(16)8-9)19-15(5,6)13(17)18/h7-8H,1-6H3,(H,17,18). The third-order valence-electron chi connectivity index (χ3n) is 2.87. The quantitative estimate of drug-likeness (QED) is 0.899. The minimum absolute atomic E-state index is 0.127. The Morgan fingerprint density at radius 2 is 1.74 bits per heavy atom. The number of hydrogen-bond acceptors (Lipinski definition) is 2. The molecule has 19 heavy (non-hydrogen) atoms. The van der Waals surface area contributed by atoms with Crippen molar-refractivity contribution >= 4 is 21.9 Å². The number of aliphatic carboxylic acids is 1. The number of ether oxygens (including phenoxy) is 1. The fourth-order valence-electron chi connectivity index (χ4n) is 1.69. The predicted octanol–water partition coefficient (Wildman–Crippen LogP) is 4.30. The lowest BCUT2D eigenvalue weighted by Gasteiger charge is -2.29. The topological polar surface area (TPSA) is 46.5 Å². The predicted molar refractivity (Wildman–Crippen MR) is 79.9 cm³/mol. The molecular weight excluding hydrogens is 308 g/mol. The molecule has 0 unspecified atom stereocenters. The van der Waals surface area contributed by atoms with Crippen molar-refractivity contribution in [2.24, 2.45) is 0 Å². The first-order chi connectivity index (χ1) is 8.45. The van der Waals surface area contributed by atoms with Crippen LogP contribution in [0.2, 0.25) is 0 Å². The molecule has 1 aromatic rings. The number of aryl methyl sites for hydroxylation is 1. The zero-order chi connectivity index (χ0) is 15.0. The highest BCUT2D eigenvalue weighted by Gasteiger charge is 2.32. The molecule has 0 spiro atoms. The highest BCUT2D eigenvalue weighted by atomic mass is 79.9. The fourth-order valence-corrected chi connectivity index (χ4v) is 2.34. The van der Waals surface area contributed by atoms with Crippen molar-refractivity contribution in [3.63, 3.8) is 0 Å². The van der Waals surface area contributed by atoms with Gasteiger partial charge in [-0.15, -0.1) is 0 Å². The summed E-state index contributed by atoms with van der Waals surface area (Å²) in [6.07, 6.45) is 0. The molecule has 0 aliphatic rings. The lowest BCUT2D eigenvalue weighted by Crippen LogP contribution is -2.38. The number of benzene rings is 1. The first-order valence-corrected chi connectivity index (χ1v) is 6.97. The summed E-state index contributed by atoms with van der Waals surface area (Å²) in [5.41, 5.74) is 0.710. The minimum atomic E-state index is -1.27. The maximum atomic E-state index is 11.2. The Hall–Kier alpha value is -1.03. The van der Waals surface area contributed by atoms with Crippen molar-refractivity contribution in [1.29, 1.82) is 0 Å². The molecular formula is C15H21BrO3. The van der Waals surface area contributed by atoms with Crippen LogP contribution in [0.1, 0.15) is 45.7 Å². The van der Waals surface area contributed by atoms with E-state index in [0.717, 1.165) is 15.6 Å². The second-order valence-electron chi connectivity index (χ2n) is 6.29. The van der Waals surface area contributed by atoms with Gasteiger partial charge in [0.05, 0.1) is 4.47 Å². The smallest absolute Gasteiger partial charge is 0.347 e. The summed E-state index contributed by atoms with van der Waals surface area (Å²) < 4.78 is 6.54. The average molecular weight is 329 g/mol. The molecule has 1 N–H and O–H groups in total. The lowest BCUT2D eigenvalue weighted by molar-refractivity contribution is -0.152. The molecule has 1 aromatic carbocycles. The molecule has 0 atom stereocenters. The summed E-state index contributed by atoms with van der Waals surface area (Å²) in [7, 11) is 0. The number of carboxylic acid groups (broad SMARTS) is 1. The van der Waals surface area contributed by atoms with E-state index < -0.39 is 11.6 Å². The van der Waals surface area contributed by atoms with Crippen LogP contribution in [0.3, 0.4) is 0 Å². The summed E-state index contributed by atoms with van der Waals surface area (Å²) in [4.78, 5) is 11.2. The van der Waals surface area contributed by atoms with E-state index in [1.54, 1.807) is 13.8 Å². The van der Waals surface area contributed by atoms with Gasteiger partial charge in [-0.3, -0.25) is 0 Å². The fraction of sp³-hybridized carbons (Fsp3) is 0.533. The van der Waals surface area contributed by atoms with Gasteiger partial charge in [0.2, 0.25) is 0 Å². The van der Waals surface area contributed by atoms with E-state index in [9.17, 15) is 9.90 Å². The van der Waals surface area contributed by atoms with E-state index >= 15 is 0 Å². The first kappa shape index (κ1) is 16.0. The highest BCUT2D eigenvalue weighted by Crippen LogP contribution is 2.39. The van der Waals surface area contributed by atoms with E-state index in [0.29, 0.717) is 5.75 Å². The molecule has 0 saturated heterocycles. The van der Waals surface area contributed by atoms with Gasteiger partial charge in [0.25, 0.3) is 0 Å². The van der Waals surface area contributed by atoms with Crippen molar-refractivity contribution in [3.8, 4) is 5.75 Å². The van der Waals surface area contributed by atoms with Gasteiger partial charge in [0.1, 0.15) is 5.75 Å². The maximum absolute atomic E-state index is 11.2. The van der Waals surface area contributed by atoms with Crippen LogP contribution in [-0.2, 0) is 10.2 Å². The third-order valence-corrected chi connectivity index (χ3v) is 3.46. The van der Waals surface area contributed by atoms with E-state index in [2.05, 4.69) is 36.7 Å². The van der Waals surface area contributed by atoms with Gasteiger partial charge in [-0.1, -0.05) is 26.8 Å². The molecule has 0 saturated carbocycles. The minimum Gasteiger partial charge on any atom is -0.478 e. The van der Waals surface area contributed by atoms with E-state index in [1.807, 2.05) is 19.1 Å². The SMILES string of the molecule is Cc1cc(Br)c(OC(C)(C)C(=O)O)c(C(C)(C)C)c1. The van der Waals surface area contributed by atoms with Crippen LogP contribution in [0.25, 0.3) is 0 Å². The Morgan fingerprint density at radius 3 is 2.16 bits per heavy atom. The summed E-state index contributed by atoms with van der Waals surface area (Å²) in [6, 6.07) is 3.97. The van der Waals surface area contributed by atoms with Crippen LogP contribution in [0.15, 0.2) is 16.6 Å². The van der Waals surface area contributed by atoms with Crippen molar-refractivity contribution in [2.45, 2.75) is 52.6 Å². The second kappa shape index (κ2) is 5.16. The van der Waals surface area contributed by atoms with Crippen LogP contribution in [0, 0.1) is 6.92 Å². The number of carbonyl (C=O) groups is 1. The molecule has 0 heterocycles. The molecule has 0 fully saturated rings. The summed E-state index contributed by atoms with van der Waals surface area (Å²) in [6.45, 7) is 11.3. The average Bonchev–Trinajstić information content (AvgIpc) is 2.19. The van der Waals surface area contributed by atoms with Crippen molar-refractivity contribution in [1.82, 2.24) is 0 Å². The number of rotatable bonds is 3. The largest absolute Gasteiger partial charge is 0.478 e. The lowest BCUT2D eigenvalue weighted by atomic mass is 9.85. The highest BCUT2D eigenvalue weighted by molar-refractivity contribution is 9.10. The molecule has 3 nitrogen and oxygen atoms in total. The molecule has 1 rings (SSSR count). The van der Waals surface area contributed by atoms with E-state index in [1.165, 1.54) is 0 Å². The zero-order valence-corrected chi connectivity index (χ0v) is 13.9. The number of halogens is 1. The molecule has 106 valence electrons. The Labute approximate surface area is 123 Å². The number of carboxylic acids is 1. The second-order valence-corrected chi connectivity index (χ2v) is 7.15. The van der Waals surface area contributed by atoms with Gasteiger partial charge in [-0.25, -0.2) is 4.79 Å².